The molecule has 0 spiro atoms. The predicted octanol–water partition coefficient (Wildman–Crippen LogP) is 4.16. The molecular weight excluding hydrogens is 418 g/mol. The summed E-state index contributed by atoms with van der Waals surface area (Å²) in [6.07, 6.45) is 5.13. The normalized spacial score (nSPS) is 20.3. The molecule has 0 bridgehead atoms. The molecule has 2 aromatic carbocycles. The van der Waals surface area contributed by atoms with E-state index in [1.165, 1.54) is 21.4 Å². The molecule has 1 aliphatic rings. The second-order valence-electron chi connectivity index (χ2n) is 8.82. The second-order valence-corrected chi connectivity index (χ2v) is 9.70. The van der Waals surface area contributed by atoms with Crippen LogP contribution in [0.5, 0.6) is 0 Å². The first-order valence-corrected chi connectivity index (χ1v) is 12.6. The highest BCUT2D eigenvalue weighted by Gasteiger charge is 2.41. The SMILES string of the molecule is CSc1cccc(CN(C)[C@H]2CCN(CCc3c[nH]c4ccccc34)C(=O)[C@H]2C(C)O)c1. The summed E-state index contributed by atoms with van der Waals surface area (Å²) < 4.78 is 0. The minimum atomic E-state index is -0.677. The van der Waals surface area contributed by atoms with E-state index in [1.807, 2.05) is 23.2 Å². The molecule has 1 fully saturated rings. The molecule has 1 amide bonds. The highest BCUT2D eigenvalue weighted by atomic mass is 32.2. The van der Waals surface area contributed by atoms with Crippen LogP contribution in [-0.2, 0) is 17.8 Å². The number of fused-ring (bicyclic) bond motifs is 1. The van der Waals surface area contributed by atoms with Crippen molar-refractivity contribution in [3.63, 3.8) is 0 Å². The van der Waals surface area contributed by atoms with Crippen molar-refractivity contribution < 1.29 is 9.90 Å². The average Bonchev–Trinajstić information content (AvgIpc) is 3.21. The van der Waals surface area contributed by atoms with Gasteiger partial charge in [0.05, 0.1) is 12.0 Å². The van der Waals surface area contributed by atoms with E-state index in [1.54, 1.807) is 18.7 Å². The Morgan fingerprint density at radius 1 is 1.25 bits per heavy atom. The van der Waals surface area contributed by atoms with Gasteiger partial charge in [-0.05, 0) is 62.4 Å². The fourth-order valence-corrected chi connectivity index (χ4v) is 5.45. The number of amides is 1. The number of H-pyrrole nitrogens is 1. The van der Waals surface area contributed by atoms with Gasteiger partial charge in [-0.1, -0.05) is 30.3 Å². The molecule has 6 heteroatoms. The Hall–Kier alpha value is -2.28. The number of nitrogens with one attached hydrogen (secondary N) is 1. The molecule has 3 atom stereocenters. The third kappa shape index (κ3) is 4.87. The van der Waals surface area contributed by atoms with Gasteiger partial charge in [0, 0.05) is 47.7 Å². The molecule has 5 nitrogen and oxygen atoms in total. The van der Waals surface area contributed by atoms with Crippen molar-refractivity contribution in [1.29, 1.82) is 0 Å². The van der Waals surface area contributed by atoms with Crippen LogP contribution in [0.3, 0.4) is 0 Å². The molecule has 0 radical (unpaired) electrons. The maximum absolute atomic E-state index is 13.4. The standard InChI is InChI=1S/C26H33N3O2S/c1-18(30)25-24(28(2)17-19-7-6-8-21(15-19)32-3)12-14-29(26(25)31)13-11-20-16-27-23-10-5-4-9-22(20)23/h4-10,15-16,18,24-25,27,30H,11-14,17H2,1-3H3/t18?,24-,25-/m0/s1. The van der Waals surface area contributed by atoms with E-state index in [4.69, 9.17) is 0 Å². The predicted molar refractivity (Wildman–Crippen MR) is 132 cm³/mol. The van der Waals surface area contributed by atoms with Gasteiger partial charge in [-0.25, -0.2) is 0 Å². The summed E-state index contributed by atoms with van der Waals surface area (Å²) in [7, 11) is 2.07. The molecule has 0 aliphatic carbocycles. The van der Waals surface area contributed by atoms with Crippen molar-refractivity contribution in [2.75, 3.05) is 26.4 Å². The third-order valence-corrected chi connectivity index (χ3v) is 7.41. The van der Waals surface area contributed by atoms with E-state index in [2.05, 4.69) is 59.6 Å². The van der Waals surface area contributed by atoms with Gasteiger partial charge in [-0.2, -0.15) is 0 Å². The quantitative estimate of drug-likeness (QED) is 0.505. The van der Waals surface area contributed by atoms with Crippen LogP contribution in [0.15, 0.2) is 59.6 Å². The summed E-state index contributed by atoms with van der Waals surface area (Å²) in [6, 6.07) is 16.8. The first kappa shape index (κ1) is 22.9. The number of thioether (sulfide) groups is 1. The van der Waals surface area contributed by atoms with E-state index in [0.717, 1.165) is 31.4 Å². The van der Waals surface area contributed by atoms with Gasteiger partial charge < -0.3 is 15.0 Å². The molecule has 2 N–H and O–H groups in total. The van der Waals surface area contributed by atoms with Crippen molar-refractivity contribution in [2.45, 2.75) is 43.4 Å². The largest absolute Gasteiger partial charge is 0.393 e. The van der Waals surface area contributed by atoms with E-state index < -0.39 is 12.0 Å². The minimum Gasteiger partial charge on any atom is -0.393 e. The Labute approximate surface area is 194 Å². The van der Waals surface area contributed by atoms with Crippen LogP contribution in [0.1, 0.15) is 24.5 Å². The number of hydrogen-bond donors (Lipinski definition) is 2. The van der Waals surface area contributed by atoms with Gasteiger partial charge >= 0.3 is 0 Å². The summed E-state index contributed by atoms with van der Waals surface area (Å²) in [4.78, 5) is 22.1. The highest BCUT2D eigenvalue weighted by molar-refractivity contribution is 7.98. The Bertz CT molecular complexity index is 1060. The van der Waals surface area contributed by atoms with Crippen LogP contribution in [-0.4, -0.2) is 64.3 Å². The Kier molecular flexibility index (Phi) is 7.23. The number of aromatic nitrogens is 1. The van der Waals surface area contributed by atoms with Crippen LogP contribution >= 0.6 is 11.8 Å². The van der Waals surface area contributed by atoms with Crippen LogP contribution < -0.4 is 0 Å². The number of para-hydroxylation sites is 1. The zero-order valence-electron chi connectivity index (χ0n) is 19.1. The van der Waals surface area contributed by atoms with E-state index >= 15 is 0 Å². The van der Waals surface area contributed by atoms with Crippen LogP contribution in [0.25, 0.3) is 10.9 Å². The number of aliphatic hydroxyl groups excluding tert-OH is 1. The van der Waals surface area contributed by atoms with Crippen LogP contribution in [0, 0.1) is 5.92 Å². The number of hydrogen-bond acceptors (Lipinski definition) is 4. The summed E-state index contributed by atoms with van der Waals surface area (Å²) >= 11 is 1.74. The summed E-state index contributed by atoms with van der Waals surface area (Å²) in [6.45, 7) is 3.92. The van der Waals surface area contributed by atoms with Gasteiger partial charge in [-0.15, -0.1) is 11.8 Å². The van der Waals surface area contributed by atoms with Gasteiger partial charge in [-0.3, -0.25) is 9.69 Å². The zero-order valence-corrected chi connectivity index (χ0v) is 19.9. The van der Waals surface area contributed by atoms with Crippen molar-refractivity contribution >= 4 is 28.6 Å². The number of aliphatic hydroxyl groups is 1. The van der Waals surface area contributed by atoms with E-state index in [0.29, 0.717) is 6.54 Å². The fourth-order valence-electron chi connectivity index (χ4n) is 4.97. The number of piperidine rings is 1. The molecule has 4 rings (SSSR count). The number of nitrogens with zero attached hydrogens (tertiary/aromatic N) is 2. The zero-order chi connectivity index (χ0) is 22.7. The van der Waals surface area contributed by atoms with Gasteiger partial charge in [0.25, 0.3) is 0 Å². The average molecular weight is 452 g/mol. The number of benzene rings is 2. The summed E-state index contributed by atoms with van der Waals surface area (Å²) in [5, 5.41) is 11.8. The monoisotopic (exact) mass is 451 g/mol. The lowest BCUT2D eigenvalue weighted by atomic mass is 9.85. The van der Waals surface area contributed by atoms with Crippen LogP contribution in [0.2, 0.25) is 0 Å². The molecule has 32 heavy (non-hydrogen) atoms. The van der Waals surface area contributed by atoms with E-state index in [-0.39, 0.29) is 11.9 Å². The molecule has 1 aliphatic heterocycles. The molecule has 2 heterocycles. The Balaban J connectivity index is 1.43. The maximum Gasteiger partial charge on any atom is 0.229 e. The van der Waals surface area contributed by atoms with E-state index in [9.17, 15) is 9.90 Å². The van der Waals surface area contributed by atoms with Gasteiger partial charge in [0.15, 0.2) is 0 Å². The molecule has 1 aromatic heterocycles. The highest BCUT2D eigenvalue weighted by Crippen LogP contribution is 2.28. The number of likely N-dealkylation sites (tertiary alicyclic amines) is 1. The number of aromatic amines is 1. The van der Waals surface area contributed by atoms with Crippen LogP contribution in [0.4, 0.5) is 0 Å². The summed E-state index contributed by atoms with van der Waals surface area (Å²) in [5.74, 6) is -0.332. The smallest absolute Gasteiger partial charge is 0.229 e. The molecule has 0 saturated carbocycles. The lowest BCUT2D eigenvalue weighted by Gasteiger charge is -2.43. The van der Waals surface area contributed by atoms with Gasteiger partial charge in [0.1, 0.15) is 0 Å². The molecule has 170 valence electrons. The van der Waals surface area contributed by atoms with Crippen molar-refractivity contribution in [3.05, 3.63) is 65.9 Å². The Morgan fingerprint density at radius 2 is 2.06 bits per heavy atom. The third-order valence-electron chi connectivity index (χ3n) is 6.68. The topological polar surface area (TPSA) is 59.6 Å². The molecule has 1 saturated heterocycles. The lowest BCUT2D eigenvalue weighted by molar-refractivity contribution is -0.147. The lowest BCUT2D eigenvalue weighted by Crippen LogP contribution is -2.56. The molecular formula is C26H33N3O2S. The first-order chi connectivity index (χ1) is 15.5. The first-order valence-electron chi connectivity index (χ1n) is 11.3. The molecule has 1 unspecified atom stereocenters. The number of rotatable bonds is 8. The molecule has 3 aromatic rings. The fraction of sp³-hybridized carbons (Fsp3) is 0.423. The van der Waals surface area contributed by atoms with Crippen molar-refractivity contribution in [3.8, 4) is 0 Å². The van der Waals surface area contributed by atoms with Crippen molar-refractivity contribution in [1.82, 2.24) is 14.8 Å². The minimum absolute atomic E-state index is 0.0322. The number of carbonyl (C=O) groups is 1. The number of carbonyl (C=O) groups excluding carboxylic acids is 1. The Morgan fingerprint density at radius 3 is 2.84 bits per heavy atom. The second kappa shape index (κ2) is 10.1. The van der Waals surface area contributed by atoms with Crippen molar-refractivity contribution in [2.24, 2.45) is 5.92 Å². The maximum atomic E-state index is 13.4. The van der Waals surface area contributed by atoms with Gasteiger partial charge in [0.2, 0.25) is 5.91 Å². The summed E-state index contributed by atoms with van der Waals surface area (Å²) in [5.41, 5.74) is 3.59.